The first-order chi connectivity index (χ1) is 11.7. The van der Waals surface area contributed by atoms with Crippen LogP contribution in [0.4, 0.5) is 18.3 Å². The van der Waals surface area contributed by atoms with Crippen molar-refractivity contribution in [3.8, 4) is 0 Å². The van der Waals surface area contributed by atoms with E-state index >= 15 is 0 Å². The van der Waals surface area contributed by atoms with Crippen LogP contribution in [-0.4, -0.2) is 76.2 Å². The zero-order chi connectivity index (χ0) is 18.2. The van der Waals surface area contributed by atoms with Crippen LogP contribution in [0.3, 0.4) is 0 Å². The normalized spacial score (nSPS) is 32.2. The van der Waals surface area contributed by atoms with Crippen molar-refractivity contribution >= 4 is 16.5 Å². The van der Waals surface area contributed by atoms with Gasteiger partial charge in [0.05, 0.1) is 12.2 Å². The van der Waals surface area contributed by atoms with Gasteiger partial charge in [0, 0.05) is 38.1 Å². The maximum atomic E-state index is 12.7. The van der Waals surface area contributed by atoms with Crippen LogP contribution in [0.2, 0.25) is 0 Å². The van der Waals surface area contributed by atoms with Gasteiger partial charge in [0.25, 0.3) is 0 Å². The highest BCUT2D eigenvalue weighted by Gasteiger charge is 2.36. The minimum Gasteiger partial charge on any atom is -0.389 e. The number of halogens is 3. The number of hydrogen-bond donors (Lipinski definition) is 3. The lowest BCUT2D eigenvalue weighted by Gasteiger charge is -2.40. The van der Waals surface area contributed by atoms with E-state index in [1.807, 2.05) is 9.80 Å². The Morgan fingerprint density at radius 1 is 1.16 bits per heavy atom. The third kappa shape index (κ3) is 4.43. The van der Waals surface area contributed by atoms with Crippen LogP contribution in [0.25, 0.3) is 0 Å². The van der Waals surface area contributed by atoms with Crippen molar-refractivity contribution in [2.75, 3.05) is 37.6 Å². The number of hydrogen-bond acceptors (Lipinski definition) is 7. The molecule has 3 heterocycles. The number of rotatable bonds is 3. The van der Waals surface area contributed by atoms with Gasteiger partial charge in [-0.2, -0.15) is 13.2 Å². The minimum absolute atomic E-state index is 0.210. The average molecular weight is 381 g/mol. The van der Waals surface area contributed by atoms with Gasteiger partial charge >= 0.3 is 6.18 Å². The topological polar surface area (TPSA) is 80.1 Å². The number of piperidine rings is 2. The molecular weight excluding hydrogens is 359 g/mol. The van der Waals surface area contributed by atoms with Crippen LogP contribution in [0.15, 0.2) is 5.38 Å². The molecule has 0 unspecified atom stereocenters. The standard InChI is InChI=1S/C15H22F3N3O3S/c16-15(17,18)12-8-25-14(19-12)21-3-1-2-9(5-21)4-20-6-10(22)13(24)11(23)7-20/h8-11,13,22-24H,1-7H2/t9-,10-,11+,13+/m0/s1. The summed E-state index contributed by atoms with van der Waals surface area (Å²) >= 11 is 1.00. The molecule has 0 aromatic carbocycles. The second-order valence-corrected chi connectivity index (χ2v) is 7.65. The molecule has 1 aromatic rings. The monoisotopic (exact) mass is 381 g/mol. The molecule has 3 N–H and O–H groups in total. The highest BCUT2D eigenvalue weighted by Crippen LogP contribution is 2.34. The fourth-order valence-electron chi connectivity index (χ4n) is 3.52. The highest BCUT2D eigenvalue weighted by atomic mass is 32.1. The summed E-state index contributed by atoms with van der Waals surface area (Å²) < 4.78 is 38.1. The Balaban J connectivity index is 1.59. The summed E-state index contributed by atoms with van der Waals surface area (Å²) in [7, 11) is 0. The summed E-state index contributed by atoms with van der Waals surface area (Å²) in [4.78, 5) is 7.49. The lowest BCUT2D eigenvalue weighted by Crippen LogP contribution is -2.56. The molecule has 2 aliphatic rings. The first-order valence-electron chi connectivity index (χ1n) is 8.28. The van der Waals surface area contributed by atoms with E-state index in [1.165, 1.54) is 0 Å². The molecule has 2 aliphatic heterocycles. The Labute approximate surface area is 147 Å². The smallest absolute Gasteiger partial charge is 0.389 e. The Kier molecular flexibility index (Phi) is 5.54. The fourth-order valence-corrected chi connectivity index (χ4v) is 4.39. The molecule has 142 valence electrons. The van der Waals surface area contributed by atoms with Gasteiger partial charge in [0.15, 0.2) is 10.8 Å². The van der Waals surface area contributed by atoms with E-state index < -0.39 is 30.2 Å². The summed E-state index contributed by atoms with van der Waals surface area (Å²) in [5.74, 6) is 0.210. The van der Waals surface area contributed by atoms with E-state index in [0.29, 0.717) is 24.8 Å². The van der Waals surface area contributed by atoms with E-state index in [4.69, 9.17) is 0 Å². The third-order valence-electron chi connectivity index (χ3n) is 4.77. The largest absolute Gasteiger partial charge is 0.434 e. The molecule has 10 heteroatoms. The lowest BCUT2D eigenvalue weighted by atomic mass is 9.95. The number of alkyl halides is 3. The minimum atomic E-state index is -4.43. The van der Waals surface area contributed by atoms with Gasteiger partial charge in [-0.1, -0.05) is 0 Å². The summed E-state index contributed by atoms with van der Waals surface area (Å²) in [6.07, 6.45) is -5.75. The number of anilines is 1. The van der Waals surface area contributed by atoms with Gasteiger partial charge in [-0.3, -0.25) is 4.90 Å². The molecule has 0 amide bonds. The lowest BCUT2D eigenvalue weighted by molar-refractivity contribution is -0.140. The third-order valence-corrected chi connectivity index (χ3v) is 5.67. The first kappa shape index (κ1) is 18.8. The van der Waals surface area contributed by atoms with Gasteiger partial charge in [-0.05, 0) is 18.8 Å². The molecule has 25 heavy (non-hydrogen) atoms. The number of likely N-dealkylation sites (tertiary alicyclic amines) is 1. The van der Waals surface area contributed by atoms with E-state index in [9.17, 15) is 28.5 Å². The van der Waals surface area contributed by atoms with Crippen molar-refractivity contribution in [2.45, 2.75) is 37.3 Å². The Morgan fingerprint density at radius 2 is 1.84 bits per heavy atom. The van der Waals surface area contributed by atoms with Crippen molar-refractivity contribution in [3.05, 3.63) is 11.1 Å². The molecule has 0 spiro atoms. The van der Waals surface area contributed by atoms with E-state index in [2.05, 4.69) is 4.98 Å². The Hall–Kier alpha value is -0.940. The van der Waals surface area contributed by atoms with Crippen molar-refractivity contribution in [2.24, 2.45) is 5.92 Å². The van der Waals surface area contributed by atoms with Crippen molar-refractivity contribution in [1.29, 1.82) is 0 Å². The van der Waals surface area contributed by atoms with E-state index in [1.54, 1.807) is 0 Å². The van der Waals surface area contributed by atoms with Crippen LogP contribution in [-0.2, 0) is 6.18 Å². The maximum Gasteiger partial charge on any atom is 0.434 e. The van der Waals surface area contributed by atoms with Crippen LogP contribution < -0.4 is 4.90 Å². The van der Waals surface area contributed by atoms with Crippen molar-refractivity contribution in [1.82, 2.24) is 9.88 Å². The highest BCUT2D eigenvalue weighted by molar-refractivity contribution is 7.13. The molecule has 4 atom stereocenters. The first-order valence-corrected chi connectivity index (χ1v) is 9.16. The molecule has 2 fully saturated rings. The van der Waals surface area contributed by atoms with Gasteiger partial charge < -0.3 is 20.2 Å². The predicted molar refractivity (Wildman–Crippen MR) is 86.5 cm³/mol. The van der Waals surface area contributed by atoms with Gasteiger partial charge in [0.2, 0.25) is 0 Å². The molecule has 2 saturated heterocycles. The molecular formula is C15H22F3N3O3S. The van der Waals surface area contributed by atoms with Crippen molar-refractivity contribution in [3.63, 3.8) is 0 Å². The SMILES string of the molecule is O[C@H]1[C@H](O)CN(C[C@@H]2CCCN(c3nc(C(F)(F)F)cs3)C2)C[C@@H]1O. The quantitative estimate of drug-likeness (QED) is 0.718. The maximum absolute atomic E-state index is 12.7. The Bertz CT molecular complexity index is 574. The second-order valence-electron chi connectivity index (χ2n) is 6.81. The summed E-state index contributed by atoms with van der Waals surface area (Å²) in [6, 6.07) is 0. The Morgan fingerprint density at radius 3 is 2.44 bits per heavy atom. The van der Waals surface area contributed by atoms with Crippen molar-refractivity contribution < 1.29 is 28.5 Å². The number of aliphatic hydroxyl groups is 3. The van der Waals surface area contributed by atoms with E-state index in [0.717, 1.165) is 29.6 Å². The molecule has 6 nitrogen and oxygen atoms in total. The zero-order valence-electron chi connectivity index (χ0n) is 13.6. The molecule has 0 bridgehead atoms. The zero-order valence-corrected chi connectivity index (χ0v) is 14.4. The number of aliphatic hydroxyl groups excluding tert-OH is 3. The predicted octanol–water partition coefficient (Wildman–Crippen LogP) is 0.777. The van der Waals surface area contributed by atoms with Gasteiger partial charge in [-0.25, -0.2) is 4.98 Å². The molecule has 0 aliphatic carbocycles. The summed E-state index contributed by atoms with van der Waals surface area (Å²) in [5, 5.41) is 30.6. The number of nitrogens with zero attached hydrogens (tertiary/aromatic N) is 3. The molecule has 0 radical (unpaired) electrons. The number of aromatic nitrogens is 1. The van der Waals surface area contributed by atoms with Gasteiger partial charge in [-0.15, -0.1) is 11.3 Å². The fraction of sp³-hybridized carbons (Fsp3) is 0.800. The summed E-state index contributed by atoms with van der Waals surface area (Å²) in [5.41, 5.74) is -0.856. The number of thiazole rings is 1. The summed E-state index contributed by atoms with van der Waals surface area (Å²) in [6.45, 7) is 2.45. The van der Waals surface area contributed by atoms with Crippen LogP contribution in [0.1, 0.15) is 18.5 Å². The molecule has 1 aromatic heterocycles. The van der Waals surface area contributed by atoms with Gasteiger partial charge in [0.1, 0.15) is 6.10 Å². The molecule has 0 saturated carbocycles. The number of β-amino-alcohol motifs (C(OH)–C–C–N with tert-alkyl or cyclic N) is 2. The van der Waals surface area contributed by atoms with Crippen LogP contribution >= 0.6 is 11.3 Å². The average Bonchev–Trinajstić information content (AvgIpc) is 3.03. The second kappa shape index (κ2) is 7.36. The van der Waals surface area contributed by atoms with Crippen LogP contribution in [0, 0.1) is 5.92 Å². The molecule has 3 rings (SSSR count). The van der Waals surface area contributed by atoms with E-state index in [-0.39, 0.29) is 19.0 Å². The van der Waals surface area contributed by atoms with Crippen LogP contribution in [0.5, 0.6) is 0 Å².